The fraction of sp³-hybridized carbons (Fsp3) is 0.667. The summed E-state index contributed by atoms with van der Waals surface area (Å²) in [6, 6.07) is 4.33. The van der Waals surface area contributed by atoms with Crippen LogP contribution in [0.25, 0.3) is 0 Å². The zero-order chi connectivity index (χ0) is 18.9. The number of nitrogens with zero attached hydrogens (tertiary/aromatic N) is 6. The van der Waals surface area contributed by atoms with Crippen LogP contribution in [0.5, 0.6) is 0 Å². The molecular formula is C21H32N6. The van der Waals surface area contributed by atoms with Crippen LogP contribution in [0, 0.1) is 12.3 Å². The van der Waals surface area contributed by atoms with Gasteiger partial charge in [-0.25, -0.2) is 0 Å². The third-order valence-corrected chi connectivity index (χ3v) is 6.45. The molecule has 0 N–H and O–H groups in total. The second-order valence-electron chi connectivity index (χ2n) is 8.60. The third kappa shape index (κ3) is 3.78. The monoisotopic (exact) mass is 368 g/mol. The summed E-state index contributed by atoms with van der Waals surface area (Å²) in [7, 11) is 2.25. The first-order chi connectivity index (χ1) is 13.1. The molecule has 0 aliphatic carbocycles. The average Bonchev–Trinajstić information content (AvgIpc) is 3.23. The predicted octanol–water partition coefficient (Wildman–Crippen LogP) is 2.70. The highest BCUT2D eigenvalue weighted by Crippen LogP contribution is 2.49. The number of likely N-dealkylation sites (N-methyl/N-ethyl adjacent to an activating group) is 1. The lowest BCUT2D eigenvalue weighted by atomic mass is 9.70. The number of likely N-dealkylation sites (tertiary alicyclic amines) is 2. The van der Waals surface area contributed by atoms with Crippen LogP contribution in [0.1, 0.15) is 49.2 Å². The van der Waals surface area contributed by atoms with E-state index in [2.05, 4.69) is 62.6 Å². The van der Waals surface area contributed by atoms with Crippen LogP contribution in [0.4, 0.5) is 0 Å². The van der Waals surface area contributed by atoms with Gasteiger partial charge < -0.3 is 9.47 Å². The van der Waals surface area contributed by atoms with Crippen molar-refractivity contribution in [2.24, 2.45) is 5.41 Å². The molecule has 1 atom stereocenters. The quantitative estimate of drug-likeness (QED) is 0.812. The van der Waals surface area contributed by atoms with Gasteiger partial charge in [0.2, 0.25) is 0 Å². The molecule has 6 heteroatoms. The number of hydrogen-bond donors (Lipinski definition) is 0. The second kappa shape index (κ2) is 7.68. The lowest BCUT2D eigenvalue weighted by Crippen LogP contribution is -2.43. The smallest absolute Gasteiger partial charge is 0.137 e. The summed E-state index contributed by atoms with van der Waals surface area (Å²) in [5.41, 5.74) is 2.74. The van der Waals surface area contributed by atoms with Crippen molar-refractivity contribution in [2.75, 3.05) is 33.2 Å². The normalized spacial score (nSPS) is 23.3. The van der Waals surface area contributed by atoms with Gasteiger partial charge in [0.15, 0.2) is 0 Å². The zero-order valence-corrected chi connectivity index (χ0v) is 16.9. The molecule has 0 aromatic carbocycles. The molecule has 0 amide bonds. The van der Waals surface area contributed by atoms with E-state index in [1.807, 2.05) is 12.5 Å². The highest BCUT2D eigenvalue weighted by atomic mass is 15.3. The summed E-state index contributed by atoms with van der Waals surface area (Å²) >= 11 is 0. The Hall–Kier alpha value is -1.79. The van der Waals surface area contributed by atoms with Gasteiger partial charge in [-0.05, 0) is 63.4 Å². The minimum Gasteiger partial charge on any atom is -0.317 e. The van der Waals surface area contributed by atoms with Gasteiger partial charge in [-0.15, -0.1) is 10.2 Å². The van der Waals surface area contributed by atoms with Crippen molar-refractivity contribution in [1.29, 1.82) is 0 Å². The van der Waals surface area contributed by atoms with Gasteiger partial charge in [0.25, 0.3) is 0 Å². The Kier molecular flexibility index (Phi) is 5.28. The number of piperidine rings is 1. The number of aryl methyl sites for hydroxylation is 2. The van der Waals surface area contributed by atoms with Crippen molar-refractivity contribution in [3.8, 4) is 0 Å². The van der Waals surface area contributed by atoms with E-state index in [9.17, 15) is 0 Å². The first-order valence-electron chi connectivity index (χ1n) is 10.3. The number of aromatic nitrogens is 4. The van der Waals surface area contributed by atoms with Gasteiger partial charge >= 0.3 is 0 Å². The Morgan fingerprint density at radius 1 is 1.22 bits per heavy atom. The summed E-state index contributed by atoms with van der Waals surface area (Å²) in [6.45, 7) is 10.8. The molecule has 4 heterocycles. The molecule has 2 aliphatic rings. The van der Waals surface area contributed by atoms with E-state index >= 15 is 0 Å². The van der Waals surface area contributed by atoms with Crippen molar-refractivity contribution in [2.45, 2.75) is 52.1 Å². The first-order valence-corrected chi connectivity index (χ1v) is 10.3. The molecule has 0 radical (unpaired) electrons. The lowest BCUT2D eigenvalue weighted by Gasteiger charge is -2.42. The van der Waals surface area contributed by atoms with Crippen LogP contribution in [0.15, 0.2) is 24.7 Å². The predicted molar refractivity (Wildman–Crippen MR) is 106 cm³/mol. The Morgan fingerprint density at radius 3 is 2.74 bits per heavy atom. The van der Waals surface area contributed by atoms with Gasteiger partial charge in [0, 0.05) is 38.3 Å². The maximum Gasteiger partial charge on any atom is 0.137 e. The topological polar surface area (TPSA) is 50.1 Å². The molecule has 2 saturated heterocycles. The Bertz CT molecular complexity index is 744. The first kappa shape index (κ1) is 18.6. The highest BCUT2D eigenvalue weighted by Gasteiger charge is 2.49. The molecule has 146 valence electrons. The molecule has 2 aromatic heterocycles. The molecule has 6 nitrogen and oxygen atoms in total. The largest absolute Gasteiger partial charge is 0.317 e. The molecule has 0 bridgehead atoms. The van der Waals surface area contributed by atoms with Gasteiger partial charge in [0.1, 0.15) is 12.2 Å². The van der Waals surface area contributed by atoms with Gasteiger partial charge in [-0.2, -0.15) is 0 Å². The fourth-order valence-corrected chi connectivity index (χ4v) is 5.00. The van der Waals surface area contributed by atoms with E-state index in [0.29, 0.717) is 11.3 Å². The SMILES string of the molecule is CCCn1cnnc1C1CN(C)CC12CCN(Cc1ccc(C)cn1)CC2. The van der Waals surface area contributed by atoms with Crippen LogP contribution in [0.2, 0.25) is 0 Å². The number of hydrogen-bond acceptors (Lipinski definition) is 5. The van der Waals surface area contributed by atoms with Crippen LogP contribution >= 0.6 is 0 Å². The maximum atomic E-state index is 4.59. The number of pyridine rings is 1. The van der Waals surface area contributed by atoms with Crippen LogP contribution in [-0.4, -0.2) is 62.8 Å². The van der Waals surface area contributed by atoms with Gasteiger partial charge in [0.05, 0.1) is 5.69 Å². The van der Waals surface area contributed by atoms with Gasteiger partial charge in [-0.1, -0.05) is 13.0 Å². The van der Waals surface area contributed by atoms with E-state index in [0.717, 1.165) is 39.1 Å². The molecule has 2 fully saturated rings. The van der Waals surface area contributed by atoms with E-state index < -0.39 is 0 Å². The summed E-state index contributed by atoms with van der Waals surface area (Å²) < 4.78 is 2.29. The van der Waals surface area contributed by atoms with Crippen molar-refractivity contribution in [3.63, 3.8) is 0 Å². The number of rotatable bonds is 5. The van der Waals surface area contributed by atoms with E-state index in [-0.39, 0.29) is 0 Å². The Balaban J connectivity index is 1.46. The van der Waals surface area contributed by atoms with Crippen molar-refractivity contribution >= 4 is 0 Å². The van der Waals surface area contributed by atoms with Crippen LogP contribution in [0.3, 0.4) is 0 Å². The fourth-order valence-electron chi connectivity index (χ4n) is 5.00. The van der Waals surface area contributed by atoms with E-state index in [1.165, 1.54) is 36.5 Å². The molecule has 27 heavy (non-hydrogen) atoms. The summed E-state index contributed by atoms with van der Waals surface area (Å²) in [4.78, 5) is 9.65. The average molecular weight is 369 g/mol. The summed E-state index contributed by atoms with van der Waals surface area (Å²) in [6.07, 6.45) is 7.48. The van der Waals surface area contributed by atoms with Crippen molar-refractivity contribution in [1.82, 2.24) is 29.5 Å². The zero-order valence-electron chi connectivity index (χ0n) is 16.9. The lowest BCUT2D eigenvalue weighted by molar-refractivity contribution is 0.0904. The second-order valence-corrected chi connectivity index (χ2v) is 8.60. The maximum absolute atomic E-state index is 4.59. The molecular weight excluding hydrogens is 336 g/mol. The Labute approximate surface area is 162 Å². The molecule has 4 rings (SSSR count). The van der Waals surface area contributed by atoms with Crippen molar-refractivity contribution < 1.29 is 0 Å². The molecule has 2 aliphatic heterocycles. The molecule has 1 spiro atoms. The Morgan fingerprint density at radius 2 is 2.04 bits per heavy atom. The molecule has 0 saturated carbocycles. The van der Waals surface area contributed by atoms with Crippen LogP contribution < -0.4 is 0 Å². The minimum atomic E-state index is 0.338. The van der Waals surface area contributed by atoms with Crippen LogP contribution in [-0.2, 0) is 13.1 Å². The van der Waals surface area contributed by atoms with E-state index in [4.69, 9.17) is 0 Å². The highest BCUT2D eigenvalue weighted by molar-refractivity contribution is 5.14. The minimum absolute atomic E-state index is 0.338. The molecule has 1 unspecified atom stereocenters. The summed E-state index contributed by atoms with van der Waals surface area (Å²) in [5, 5.41) is 8.80. The van der Waals surface area contributed by atoms with E-state index in [1.54, 1.807) is 0 Å². The van der Waals surface area contributed by atoms with Gasteiger partial charge in [-0.3, -0.25) is 9.88 Å². The van der Waals surface area contributed by atoms with Crippen molar-refractivity contribution in [3.05, 3.63) is 41.7 Å². The third-order valence-electron chi connectivity index (χ3n) is 6.45. The standard InChI is InChI=1S/C21H32N6/c1-4-9-27-16-23-24-20(27)19-14-25(3)15-21(19)7-10-26(11-8-21)13-18-6-5-17(2)12-22-18/h5-6,12,16,19H,4,7-11,13-15H2,1-3H3. The summed E-state index contributed by atoms with van der Waals surface area (Å²) in [5.74, 6) is 1.70. The molecule has 2 aromatic rings.